The van der Waals surface area contributed by atoms with Crippen molar-refractivity contribution < 1.29 is 9.53 Å². The highest BCUT2D eigenvalue weighted by molar-refractivity contribution is 5.77. The van der Waals surface area contributed by atoms with Crippen LogP contribution in [-0.4, -0.2) is 26.1 Å². The zero-order valence-electron chi connectivity index (χ0n) is 11.7. The number of fused-ring (bicyclic) bond motifs is 1. The third-order valence-electron chi connectivity index (χ3n) is 3.54. The van der Waals surface area contributed by atoms with Gasteiger partial charge in [-0.2, -0.15) is 0 Å². The molecule has 0 saturated heterocycles. The lowest BCUT2D eigenvalue weighted by atomic mass is 9.87. The minimum Gasteiger partial charge on any atom is -0.484 e. The normalized spacial score (nSPS) is 16.9. The summed E-state index contributed by atoms with van der Waals surface area (Å²) in [5, 5.41) is 5.90. The lowest BCUT2D eigenvalue weighted by molar-refractivity contribution is -0.122. The second-order valence-electron chi connectivity index (χ2n) is 4.86. The smallest absolute Gasteiger partial charge is 0.258 e. The number of benzene rings is 1. The molecule has 2 N–H and O–H groups in total. The maximum Gasteiger partial charge on any atom is 0.258 e. The van der Waals surface area contributed by atoms with Gasteiger partial charge in [-0.05, 0) is 49.6 Å². The maximum absolute atomic E-state index is 11.4. The summed E-state index contributed by atoms with van der Waals surface area (Å²) in [7, 11) is 1.97. The second-order valence-corrected chi connectivity index (χ2v) is 4.86. The van der Waals surface area contributed by atoms with Crippen LogP contribution in [-0.2, 0) is 11.2 Å². The highest BCUT2D eigenvalue weighted by atomic mass is 16.5. The summed E-state index contributed by atoms with van der Waals surface area (Å²) in [6.07, 6.45) is 8.52. The number of terminal acetylenes is 1. The number of nitrogens with one attached hydrogen (secondary N) is 2. The lowest BCUT2D eigenvalue weighted by Gasteiger charge is -2.25. The molecule has 1 aromatic carbocycles. The number of rotatable bonds is 5. The molecule has 1 aromatic rings. The first kappa shape index (κ1) is 14.4. The fourth-order valence-electron chi connectivity index (χ4n) is 2.52. The largest absolute Gasteiger partial charge is 0.484 e. The van der Waals surface area contributed by atoms with Crippen molar-refractivity contribution in [3.05, 3.63) is 29.3 Å². The molecule has 0 fully saturated rings. The average molecular weight is 272 g/mol. The molecule has 1 atom stereocenters. The Balaban J connectivity index is 2.00. The molecule has 4 nitrogen and oxygen atoms in total. The van der Waals surface area contributed by atoms with Crippen molar-refractivity contribution in [3.8, 4) is 18.1 Å². The monoisotopic (exact) mass is 272 g/mol. The van der Waals surface area contributed by atoms with E-state index in [0.717, 1.165) is 18.6 Å². The minimum absolute atomic E-state index is 0.00924. The van der Waals surface area contributed by atoms with Gasteiger partial charge in [-0.15, -0.1) is 6.42 Å². The van der Waals surface area contributed by atoms with E-state index in [1.807, 2.05) is 19.2 Å². The van der Waals surface area contributed by atoms with Gasteiger partial charge in [-0.1, -0.05) is 12.0 Å². The summed E-state index contributed by atoms with van der Waals surface area (Å²) in [5.41, 5.74) is 2.64. The van der Waals surface area contributed by atoms with Crippen molar-refractivity contribution in [1.29, 1.82) is 0 Å². The Morgan fingerprint density at radius 2 is 2.40 bits per heavy atom. The average Bonchev–Trinajstić information content (AvgIpc) is 2.50. The summed E-state index contributed by atoms with van der Waals surface area (Å²) in [6.45, 7) is 0.221. The van der Waals surface area contributed by atoms with Gasteiger partial charge >= 0.3 is 0 Å². The first-order chi connectivity index (χ1) is 9.74. The summed E-state index contributed by atoms with van der Waals surface area (Å²) >= 11 is 0. The third kappa shape index (κ3) is 3.52. The standard InChI is InChI=1S/C16H20N2O2/c1-3-9-18-16(19)11-20-13-8-7-12-5-4-6-15(17-2)14(12)10-13/h1,7-8,10,15,17H,4-6,9,11H2,2H3,(H,18,19). The van der Waals surface area contributed by atoms with E-state index in [4.69, 9.17) is 11.2 Å². The van der Waals surface area contributed by atoms with Crippen LogP contribution in [0, 0.1) is 12.3 Å². The first-order valence-corrected chi connectivity index (χ1v) is 6.87. The Morgan fingerprint density at radius 3 is 3.15 bits per heavy atom. The molecule has 0 saturated carbocycles. The van der Waals surface area contributed by atoms with Crippen molar-refractivity contribution in [1.82, 2.24) is 10.6 Å². The molecule has 4 heteroatoms. The molecule has 1 aliphatic rings. The quantitative estimate of drug-likeness (QED) is 0.797. The van der Waals surface area contributed by atoms with Crippen LogP contribution in [0.1, 0.15) is 30.0 Å². The van der Waals surface area contributed by atoms with Crippen LogP contribution in [0.25, 0.3) is 0 Å². The van der Waals surface area contributed by atoms with Crippen molar-refractivity contribution in [2.24, 2.45) is 0 Å². The van der Waals surface area contributed by atoms with Crippen molar-refractivity contribution in [2.75, 3.05) is 20.2 Å². The first-order valence-electron chi connectivity index (χ1n) is 6.87. The van der Waals surface area contributed by atoms with Gasteiger partial charge < -0.3 is 15.4 Å². The lowest BCUT2D eigenvalue weighted by Crippen LogP contribution is -2.29. The molecule has 1 amide bonds. The maximum atomic E-state index is 11.4. The van der Waals surface area contributed by atoms with E-state index in [2.05, 4.69) is 22.6 Å². The van der Waals surface area contributed by atoms with Gasteiger partial charge in [0.15, 0.2) is 6.61 Å². The molecular formula is C16H20N2O2. The van der Waals surface area contributed by atoms with E-state index in [0.29, 0.717) is 6.04 Å². The molecule has 0 radical (unpaired) electrons. The molecule has 0 aromatic heterocycles. The van der Waals surface area contributed by atoms with Crippen LogP contribution in [0.2, 0.25) is 0 Å². The van der Waals surface area contributed by atoms with Gasteiger partial charge in [0.05, 0.1) is 6.54 Å². The van der Waals surface area contributed by atoms with Crippen LogP contribution in [0.5, 0.6) is 5.75 Å². The number of hydrogen-bond acceptors (Lipinski definition) is 3. The van der Waals surface area contributed by atoms with E-state index in [9.17, 15) is 4.79 Å². The van der Waals surface area contributed by atoms with Crippen molar-refractivity contribution >= 4 is 5.91 Å². The van der Waals surface area contributed by atoms with Crippen LogP contribution in [0.4, 0.5) is 0 Å². The fourth-order valence-corrected chi connectivity index (χ4v) is 2.52. The number of carbonyl (C=O) groups is 1. The SMILES string of the molecule is C#CCNC(=O)COc1ccc2c(c1)C(NC)CCC2. The second kappa shape index (κ2) is 6.97. The fraction of sp³-hybridized carbons (Fsp3) is 0.438. The summed E-state index contributed by atoms with van der Waals surface area (Å²) < 4.78 is 5.52. The van der Waals surface area contributed by atoms with E-state index in [1.165, 1.54) is 17.5 Å². The molecule has 2 rings (SSSR count). The summed E-state index contributed by atoms with van der Waals surface area (Å²) in [6, 6.07) is 6.42. The van der Waals surface area contributed by atoms with E-state index < -0.39 is 0 Å². The topological polar surface area (TPSA) is 50.4 Å². The zero-order valence-corrected chi connectivity index (χ0v) is 11.7. The summed E-state index contributed by atoms with van der Waals surface area (Å²) in [5.74, 6) is 2.88. The van der Waals surface area contributed by atoms with Crippen LogP contribution < -0.4 is 15.4 Å². The van der Waals surface area contributed by atoms with Gasteiger partial charge in [0.25, 0.3) is 5.91 Å². The Hall–Kier alpha value is -1.99. The van der Waals surface area contributed by atoms with Gasteiger partial charge in [0.2, 0.25) is 0 Å². The number of hydrogen-bond donors (Lipinski definition) is 2. The van der Waals surface area contributed by atoms with Crippen molar-refractivity contribution in [2.45, 2.75) is 25.3 Å². The number of carbonyl (C=O) groups excluding carboxylic acids is 1. The highest BCUT2D eigenvalue weighted by Crippen LogP contribution is 2.32. The van der Waals surface area contributed by atoms with Crippen LogP contribution in [0.3, 0.4) is 0 Å². The molecule has 0 spiro atoms. The predicted molar refractivity (Wildman–Crippen MR) is 78.5 cm³/mol. The Kier molecular flexibility index (Phi) is 5.03. The third-order valence-corrected chi connectivity index (χ3v) is 3.54. The van der Waals surface area contributed by atoms with Crippen LogP contribution in [0.15, 0.2) is 18.2 Å². The van der Waals surface area contributed by atoms with E-state index >= 15 is 0 Å². The minimum atomic E-state index is -0.203. The Bertz CT molecular complexity index is 520. The molecule has 1 aliphatic carbocycles. The van der Waals surface area contributed by atoms with Crippen LogP contribution >= 0.6 is 0 Å². The van der Waals surface area contributed by atoms with E-state index in [1.54, 1.807) is 0 Å². The molecule has 106 valence electrons. The Labute approximate surface area is 119 Å². The molecular weight excluding hydrogens is 252 g/mol. The molecule has 20 heavy (non-hydrogen) atoms. The van der Waals surface area contributed by atoms with Gasteiger partial charge in [0.1, 0.15) is 5.75 Å². The molecule has 1 unspecified atom stereocenters. The number of ether oxygens (including phenoxy) is 1. The molecule has 0 bridgehead atoms. The van der Waals surface area contributed by atoms with Crippen molar-refractivity contribution in [3.63, 3.8) is 0 Å². The van der Waals surface area contributed by atoms with E-state index in [-0.39, 0.29) is 19.1 Å². The molecule has 0 heterocycles. The van der Waals surface area contributed by atoms with Gasteiger partial charge in [-0.3, -0.25) is 4.79 Å². The predicted octanol–water partition coefficient (Wildman–Crippen LogP) is 1.41. The van der Waals surface area contributed by atoms with Gasteiger partial charge in [-0.25, -0.2) is 0 Å². The summed E-state index contributed by atoms with van der Waals surface area (Å²) in [4.78, 5) is 11.4. The zero-order chi connectivity index (χ0) is 14.4. The number of amides is 1. The Morgan fingerprint density at radius 1 is 1.55 bits per heavy atom. The number of aryl methyl sites for hydroxylation is 1. The highest BCUT2D eigenvalue weighted by Gasteiger charge is 2.19. The van der Waals surface area contributed by atoms with Gasteiger partial charge in [0, 0.05) is 6.04 Å². The molecule has 0 aliphatic heterocycles.